The van der Waals surface area contributed by atoms with Crippen LogP contribution in [0.2, 0.25) is 20.1 Å². The number of fused-ring (bicyclic) bond motifs is 2. The van der Waals surface area contributed by atoms with Crippen LogP contribution >= 0.6 is 46.4 Å². The van der Waals surface area contributed by atoms with E-state index in [1.54, 1.807) is 80.8 Å². The highest BCUT2D eigenvalue weighted by Crippen LogP contribution is 2.37. The number of hydrogen-bond acceptors (Lipinski definition) is 12. The fraction of sp³-hybridized carbons (Fsp3) is 0.229. The third kappa shape index (κ3) is 12.1. The van der Waals surface area contributed by atoms with Crippen LogP contribution in [0.3, 0.4) is 0 Å². The molecule has 1 atom stereocenters. The first-order valence-electron chi connectivity index (χ1n) is 21.1. The summed E-state index contributed by atoms with van der Waals surface area (Å²) in [4.78, 5) is 78.0. The number of aryl methyl sites for hydroxylation is 2. The van der Waals surface area contributed by atoms with Crippen molar-refractivity contribution in [2.45, 2.75) is 58.7 Å². The van der Waals surface area contributed by atoms with Gasteiger partial charge in [-0.05, 0) is 48.7 Å². The number of hydrogen-bond donors (Lipinski definition) is 1. The lowest BCUT2D eigenvalue weighted by Crippen LogP contribution is -2.40. The summed E-state index contributed by atoms with van der Waals surface area (Å²) in [6.45, 7) is 4.60. The van der Waals surface area contributed by atoms with E-state index in [2.05, 4.69) is 19.9 Å². The number of unbranched alkanes of at least 4 members (excludes halogenated alkanes) is 2. The number of halogens is 4. The smallest absolute Gasteiger partial charge is 0.332 e. The van der Waals surface area contributed by atoms with Crippen molar-refractivity contribution in [1.82, 2.24) is 38.2 Å². The first kappa shape index (κ1) is 50.7. The molecular weight excluding hydrogens is 958 g/mol. The monoisotopic (exact) mass is 1000 g/mol. The molecule has 0 saturated heterocycles. The number of aliphatic hydroxyl groups excluding tert-OH is 1. The van der Waals surface area contributed by atoms with Gasteiger partial charge in [-0.15, -0.1) is 0 Å². The van der Waals surface area contributed by atoms with Crippen LogP contribution in [0.1, 0.15) is 67.1 Å². The molecule has 0 spiro atoms. The zero-order chi connectivity index (χ0) is 49.1. The SMILES string of the molecule is CCCCn1c(=O)c2c(C(O)c3ccc(Cl)cc3)c(Oc3cncc(Cl)c3)cnc2n(C)c1=O.CCCCn1c(=O)c2cc(Oc3cncc(Cl)c3)cnc2n(C)c1=O.O=Cc1ccc(Cl)cc1. The van der Waals surface area contributed by atoms with Gasteiger partial charge in [0.15, 0.2) is 5.75 Å². The molecule has 0 saturated carbocycles. The first-order valence-corrected chi connectivity index (χ1v) is 22.6. The zero-order valence-electron chi connectivity index (χ0n) is 37.1. The van der Waals surface area contributed by atoms with E-state index >= 15 is 0 Å². The molecule has 68 heavy (non-hydrogen) atoms. The van der Waals surface area contributed by atoms with E-state index < -0.39 is 17.4 Å². The minimum absolute atomic E-state index is 0.0909. The van der Waals surface area contributed by atoms with Crippen molar-refractivity contribution >= 4 is 74.8 Å². The molecule has 0 radical (unpaired) electrons. The topological polar surface area (TPSA) is 195 Å². The molecule has 352 valence electrons. The Morgan fingerprint density at radius 1 is 0.618 bits per heavy atom. The lowest BCUT2D eigenvalue weighted by molar-refractivity contribution is 0.112. The number of carbonyl (C=O) groups is 1. The molecule has 16 nitrogen and oxygen atoms in total. The van der Waals surface area contributed by atoms with Gasteiger partial charge >= 0.3 is 11.4 Å². The second kappa shape index (κ2) is 23.4. The fourth-order valence-corrected chi connectivity index (χ4v) is 7.35. The van der Waals surface area contributed by atoms with Crippen molar-refractivity contribution in [2.75, 3.05) is 0 Å². The predicted octanol–water partition coefficient (Wildman–Crippen LogP) is 9.36. The van der Waals surface area contributed by atoms with Crippen LogP contribution in [-0.2, 0) is 27.2 Å². The number of benzene rings is 2. The van der Waals surface area contributed by atoms with Gasteiger partial charge in [-0.2, -0.15) is 0 Å². The third-order valence-electron chi connectivity index (χ3n) is 10.3. The molecule has 20 heteroatoms. The second-order valence-corrected chi connectivity index (χ2v) is 16.8. The van der Waals surface area contributed by atoms with Gasteiger partial charge in [-0.1, -0.05) is 97.4 Å². The Labute approximate surface area is 408 Å². The molecule has 8 rings (SSSR count). The Morgan fingerprint density at radius 2 is 1.12 bits per heavy atom. The summed E-state index contributed by atoms with van der Waals surface area (Å²) < 4.78 is 16.7. The van der Waals surface area contributed by atoms with Crippen LogP contribution < -0.4 is 32.0 Å². The quantitative estimate of drug-likeness (QED) is 0.108. The van der Waals surface area contributed by atoms with E-state index in [0.29, 0.717) is 72.5 Å². The maximum Gasteiger partial charge on any atom is 0.332 e. The average Bonchev–Trinajstić information content (AvgIpc) is 3.33. The maximum atomic E-state index is 13.6. The van der Waals surface area contributed by atoms with Crippen LogP contribution in [0.5, 0.6) is 23.0 Å². The molecule has 0 amide bonds. The summed E-state index contributed by atoms with van der Waals surface area (Å²) in [5, 5.41) is 13.8. The van der Waals surface area contributed by atoms with Gasteiger partial charge in [0, 0.05) is 72.9 Å². The molecule has 1 unspecified atom stereocenters. The number of aromatic nitrogens is 8. The summed E-state index contributed by atoms with van der Waals surface area (Å²) in [6, 6.07) is 18.1. The molecule has 0 aliphatic carbocycles. The summed E-state index contributed by atoms with van der Waals surface area (Å²) in [5.74, 6) is 1.24. The van der Waals surface area contributed by atoms with E-state index in [1.807, 2.05) is 13.8 Å². The summed E-state index contributed by atoms with van der Waals surface area (Å²) in [6.07, 6.45) is 11.3. The first-order chi connectivity index (χ1) is 32.6. The van der Waals surface area contributed by atoms with Crippen LogP contribution in [0, 0.1) is 0 Å². The van der Waals surface area contributed by atoms with Gasteiger partial charge in [-0.25, -0.2) is 19.6 Å². The Bertz CT molecular complexity index is 3320. The van der Waals surface area contributed by atoms with E-state index in [4.69, 9.17) is 55.9 Å². The number of rotatable bonds is 13. The number of ether oxygens (including phenoxy) is 2. The van der Waals surface area contributed by atoms with Crippen molar-refractivity contribution in [3.05, 3.63) is 182 Å². The highest BCUT2D eigenvalue weighted by atomic mass is 35.5. The minimum atomic E-state index is -1.27. The Kier molecular flexibility index (Phi) is 17.4. The van der Waals surface area contributed by atoms with Crippen LogP contribution in [0.4, 0.5) is 0 Å². The number of pyridine rings is 4. The Morgan fingerprint density at radius 3 is 1.66 bits per heavy atom. The number of nitrogens with zero attached hydrogens (tertiary/aromatic N) is 8. The molecular formula is C48H44Cl4N8O8. The van der Waals surface area contributed by atoms with Crippen molar-refractivity contribution in [2.24, 2.45) is 14.1 Å². The number of carbonyl (C=O) groups excluding carboxylic acids is 1. The van der Waals surface area contributed by atoms with E-state index in [-0.39, 0.29) is 40.1 Å². The lowest BCUT2D eigenvalue weighted by atomic mass is 9.98. The van der Waals surface area contributed by atoms with Gasteiger partial charge in [0.2, 0.25) is 0 Å². The van der Waals surface area contributed by atoms with Gasteiger partial charge in [0.1, 0.15) is 40.9 Å². The van der Waals surface area contributed by atoms with Crippen LogP contribution in [-0.4, -0.2) is 49.6 Å². The van der Waals surface area contributed by atoms with E-state index in [9.17, 15) is 29.1 Å². The molecule has 0 aliphatic rings. The van der Waals surface area contributed by atoms with Crippen molar-refractivity contribution in [3.63, 3.8) is 0 Å². The van der Waals surface area contributed by atoms with E-state index in [1.165, 1.54) is 50.9 Å². The number of aldehydes is 1. The maximum absolute atomic E-state index is 13.6. The van der Waals surface area contributed by atoms with Crippen LogP contribution in [0.25, 0.3) is 22.1 Å². The fourth-order valence-electron chi connectivity index (χ4n) is 6.77. The largest absolute Gasteiger partial charge is 0.454 e. The molecule has 8 aromatic rings. The summed E-state index contributed by atoms with van der Waals surface area (Å²) >= 11 is 23.5. The van der Waals surface area contributed by atoms with Crippen molar-refractivity contribution in [1.29, 1.82) is 0 Å². The van der Waals surface area contributed by atoms with E-state index in [0.717, 1.165) is 30.1 Å². The summed E-state index contributed by atoms with van der Waals surface area (Å²) in [5.41, 5.74) is 0.0215. The minimum Gasteiger partial charge on any atom is -0.454 e. The molecule has 0 aliphatic heterocycles. The Hall–Kier alpha value is -6.69. The molecule has 2 aromatic carbocycles. The van der Waals surface area contributed by atoms with Crippen LogP contribution in [0.15, 0.2) is 123 Å². The molecule has 6 heterocycles. The molecule has 0 bridgehead atoms. The normalized spacial score (nSPS) is 11.3. The van der Waals surface area contributed by atoms with Gasteiger partial charge < -0.3 is 14.6 Å². The zero-order valence-corrected chi connectivity index (χ0v) is 40.1. The van der Waals surface area contributed by atoms with Gasteiger partial charge in [-0.3, -0.25) is 42.6 Å². The lowest BCUT2D eigenvalue weighted by Gasteiger charge is -2.20. The highest BCUT2D eigenvalue weighted by molar-refractivity contribution is 6.31. The predicted molar refractivity (Wildman–Crippen MR) is 263 cm³/mol. The number of aliphatic hydroxyl groups is 1. The average molecular weight is 1000 g/mol. The summed E-state index contributed by atoms with van der Waals surface area (Å²) in [7, 11) is 3.14. The van der Waals surface area contributed by atoms with Gasteiger partial charge in [0.05, 0.1) is 45.6 Å². The standard InChI is InChI=1S/C24H22Cl2N4O4.C17H17ClN4O3.C7H5ClO/c1-3-4-9-30-23(32)20-19(21(31)14-5-7-15(25)8-6-14)18(13-28-22(20)29(2)24(30)33)34-17-10-16(26)11-27-12-17;1-3-4-5-22-16(23)14-7-13(10-20-15(14)21(2)17(22)24)25-12-6-11(18)8-19-9-12;8-7-3-1-6(5-9)2-4-7/h5-8,10-13,21,31H,3-4,9H2,1-2H3;6-10H,3-5H2,1-2H3;1-5H. The Balaban J connectivity index is 0.000000195. The molecule has 6 aromatic heterocycles. The second-order valence-electron chi connectivity index (χ2n) is 15.1. The highest BCUT2D eigenvalue weighted by Gasteiger charge is 2.26. The van der Waals surface area contributed by atoms with Crippen molar-refractivity contribution < 1.29 is 19.4 Å². The van der Waals surface area contributed by atoms with Crippen molar-refractivity contribution in [3.8, 4) is 23.0 Å². The van der Waals surface area contributed by atoms with Gasteiger partial charge in [0.25, 0.3) is 11.1 Å². The molecule has 0 fully saturated rings. The third-order valence-corrected chi connectivity index (χ3v) is 11.2. The molecule has 1 N–H and O–H groups in total.